The molecule has 3 aromatic rings. The lowest BCUT2D eigenvalue weighted by atomic mass is 10.1. The van der Waals surface area contributed by atoms with Crippen molar-refractivity contribution in [3.05, 3.63) is 76.0 Å². The molecule has 0 aliphatic rings. The highest BCUT2D eigenvalue weighted by molar-refractivity contribution is 6.00. The molecule has 0 bridgehead atoms. The summed E-state index contributed by atoms with van der Waals surface area (Å²) in [7, 11) is 0. The van der Waals surface area contributed by atoms with Crippen LogP contribution < -0.4 is 16.2 Å². The number of hydrogen-bond donors (Lipinski definition) is 3. The number of pyridine rings is 1. The summed E-state index contributed by atoms with van der Waals surface area (Å²) in [5.41, 5.74) is -1.09. The molecule has 0 aliphatic heterocycles. The lowest BCUT2D eigenvalue weighted by Crippen LogP contribution is -2.34. The Labute approximate surface area is 150 Å². The summed E-state index contributed by atoms with van der Waals surface area (Å²) in [5, 5.41) is 5.21. The number of fused-ring (bicyclic) bond motifs is 1. The highest BCUT2D eigenvalue weighted by Crippen LogP contribution is 2.19. The second kappa shape index (κ2) is 7.32. The molecule has 6 nitrogen and oxygen atoms in total. The highest BCUT2D eigenvalue weighted by atomic mass is 19.2. The molecule has 0 spiro atoms. The van der Waals surface area contributed by atoms with E-state index < -0.39 is 47.1 Å². The van der Waals surface area contributed by atoms with Gasteiger partial charge in [-0.15, -0.1) is 0 Å². The van der Waals surface area contributed by atoms with Crippen molar-refractivity contribution >= 4 is 28.3 Å². The number of aromatic amines is 1. The minimum absolute atomic E-state index is 0.0643. The van der Waals surface area contributed by atoms with Crippen LogP contribution in [0.15, 0.2) is 47.3 Å². The van der Waals surface area contributed by atoms with Gasteiger partial charge in [0, 0.05) is 5.39 Å². The van der Waals surface area contributed by atoms with Gasteiger partial charge in [-0.2, -0.15) is 0 Å². The van der Waals surface area contributed by atoms with E-state index in [1.54, 1.807) is 24.3 Å². The number of benzene rings is 2. The van der Waals surface area contributed by atoms with Crippen molar-refractivity contribution in [2.75, 3.05) is 11.9 Å². The monoisotopic (exact) mass is 375 g/mol. The van der Waals surface area contributed by atoms with Crippen molar-refractivity contribution in [2.24, 2.45) is 0 Å². The lowest BCUT2D eigenvalue weighted by molar-refractivity contribution is -0.115. The molecule has 0 atom stereocenters. The second-order valence-electron chi connectivity index (χ2n) is 5.55. The molecule has 27 heavy (non-hydrogen) atoms. The maximum atomic E-state index is 13.5. The molecule has 138 valence electrons. The van der Waals surface area contributed by atoms with Crippen molar-refractivity contribution in [1.82, 2.24) is 10.3 Å². The smallest absolute Gasteiger partial charge is 0.268 e. The van der Waals surface area contributed by atoms with Crippen LogP contribution in [0.25, 0.3) is 10.8 Å². The summed E-state index contributed by atoms with van der Waals surface area (Å²) in [6.07, 6.45) is 0. The van der Waals surface area contributed by atoms with Crippen LogP contribution in [0.3, 0.4) is 0 Å². The molecule has 3 N–H and O–H groups in total. The van der Waals surface area contributed by atoms with E-state index >= 15 is 0 Å². The molecule has 0 fully saturated rings. The lowest BCUT2D eigenvalue weighted by Gasteiger charge is -2.09. The van der Waals surface area contributed by atoms with E-state index in [4.69, 9.17) is 0 Å². The third kappa shape index (κ3) is 3.81. The topological polar surface area (TPSA) is 91.1 Å². The molecule has 1 heterocycles. The first kappa shape index (κ1) is 18.2. The van der Waals surface area contributed by atoms with Gasteiger partial charge < -0.3 is 15.6 Å². The number of anilines is 1. The van der Waals surface area contributed by atoms with E-state index in [0.717, 1.165) is 6.07 Å². The largest absolute Gasteiger partial charge is 0.342 e. The average Bonchev–Trinajstić information content (AvgIpc) is 2.66. The quantitative estimate of drug-likeness (QED) is 0.611. The summed E-state index contributed by atoms with van der Waals surface area (Å²) in [5.74, 6) is -6.26. The van der Waals surface area contributed by atoms with Crippen LogP contribution >= 0.6 is 0 Å². The van der Waals surface area contributed by atoms with Gasteiger partial charge in [0.2, 0.25) is 5.91 Å². The zero-order chi connectivity index (χ0) is 19.6. The van der Waals surface area contributed by atoms with Crippen molar-refractivity contribution in [3.8, 4) is 0 Å². The van der Waals surface area contributed by atoms with Crippen molar-refractivity contribution < 1.29 is 22.8 Å². The number of rotatable bonds is 4. The molecule has 2 amide bonds. The minimum Gasteiger partial charge on any atom is -0.342 e. The molecule has 1 aromatic heterocycles. The van der Waals surface area contributed by atoms with Crippen LogP contribution in [-0.2, 0) is 4.79 Å². The van der Waals surface area contributed by atoms with Crippen LogP contribution in [0.5, 0.6) is 0 Å². The maximum absolute atomic E-state index is 13.5. The number of H-pyrrole nitrogens is 1. The van der Waals surface area contributed by atoms with Crippen LogP contribution in [0.4, 0.5) is 18.9 Å². The molecule has 2 aromatic carbocycles. The van der Waals surface area contributed by atoms with Gasteiger partial charge in [-0.3, -0.25) is 14.4 Å². The van der Waals surface area contributed by atoms with E-state index in [0.29, 0.717) is 16.8 Å². The number of halogens is 3. The van der Waals surface area contributed by atoms with E-state index in [-0.39, 0.29) is 5.69 Å². The van der Waals surface area contributed by atoms with Gasteiger partial charge in [-0.25, -0.2) is 13.2 Å². The van der Waals surface area contributed by atoms with Gasteiger partial charge >= 0.3 is 0 Å². The van der Waals surface area contributed by atoms with Crippen LogP contribution in [-0.4, -0.2) is 23.3 Å². The van der Waals surface area contributed by atoms with Gasteiger partial charge in [0.15, 0.2) is 17.5 Å². The first-order valence-electron chi connectivity index (χ1n) is 7.70. The van der Waals surface area contributed by atoms with E-state index in [9.17, 15) is 27.6 Å². The van der Waals surface area contributed by atoms with Crippen molar-refractivity contribution in [2.45, 2.75) is 0 Å². The van der Waals surface area contributed by atoms with E-state index in [2.05, 4.69) is 10.3 Å². The molecular formula is C18H12F3N3O3. The summed E-state index contributed by atoms with van der Waals surface area (Å²) in [6, 6.07) is 9.59. The molecule has 0 unspecified atom stereocenters. The Morgan fingerprint density at radius 2 is 1.74 bits per heavy atom. The first-order valence-corrected chi connectivity index (χ1v) is 7.70. The van der Waals surface area contributed by atoms with Gasteiger partial charge in [0.05, 0.1) is 12.2 Å². The summed E-state index contributed by atoms with van der Waals surface area (Å²) < 4.78 is 39.5. The maximum Gasteiger partial charge on any atom is 0.268 e. The van der Waals surface area contributed by atoms with Gasteiger partial charge in [0.1, 0.15) is 5.69 Å². The average molecular weight is 375 g/mol. The molecular weight excluding hydrogens is 363 g/mol. The van der Waals surface area contributed by atoms with Gasteiger partial charge in [-0.05, 0) is 29.7 Å². The first-order chi connectivity index (χ1) is 12.9. The zero-order valence-electron chi connectivity index (χ0n) is 13.6. The highest BCUT2D eigenvalue weighted by Gasteiger charge is 2.16. The second-order valence-corrected chi connectivity index (χ2v) is 5.55. The Morgan fingerprint density at radius 3 is 2.52 bits per heavy atom. The fraction of sp³-hybridized carbons (Fsp3) is 0.0556. The van der Waals surface area contributed by atoms with Crippen molar-refractivity contribution in [1.29, 1.82) is 0 Å². The fourth-order valence-corrected chi connectivity index (χ4v) is 2.41. The number of nitrogens with one attached hydrogen (secondary N) is 3. The van der Waals surface area contributed by atoms with E-state index in [1.807, 2.05) is 5.32 Å². The number of carbonyl (C=O) groups is 2. The van der Waals surface area contributed by atoms with Gasteiger partial charge in [0.25, 0.3) is 11.5 Å². The standard InChI is InChI=1S/C18H12F3N3O3/c19-11-5-6-12(16(21)15(11)20)23-14(25)8-22-18(27)13-7-9-3-1-2-4-10(9)17(26)24-13/h1-7H,8H2,(H,22,27)(H,23,25)(H,24,26). The van der Waals surface area contributed by atoms with Gasteiger partial charge in [-0.1, -0.05) is 18.2 Å². The molecule has 0 aliphatic carbocycles. The summed E-state index contributed by atoms with van der Waals surface area (Å²) in [6.45, 7) is -0.577. The number of aromatic nitrogens is 1. The van der Waals surface area contributed by atoms with Crippen LogP contribution in [0.2, 0.25) is 0 Å². The SMILES string of the molecule is O=C(CNC(=O)c1cc2ccccc2c(=O)[nH]1)Nc1ccc(F)c(F)c1F. The third-order valence-electron chi connectivity index (χ3n) is 3.72. The molecule has 9 heteroatoms. The Hall–Kier alpha value is -3.62. The number of hydrogen-bond acceptors (Lipinski definition) is 3. The van der Waals surface area contributed by atoms with E-state index in [1.165, 1.54) is 6.07 Å². The zero-order valence-corrected chi connectivity index (χ0v) is 13.6. The molecule has 0 saturated carbocycles. The minimum atomic E-state index is -1.72. The number of carbonyl (C=O) groups excluding carboxylic acids is 2. The predicted molar refractivity (Wildman–Crippen MR) is 91.8 cm³/mol. The third-order valence-corrected chi connectivity index (χ3v) is 3.72. The molecule has 0 radical (unpaired) electrons. The summed E-state index contributed by atoms with van der Waals surface area (Å²) in [4.78, 5) is 38.3. The normalized spacial score (nSPS) is 10.6. The predicted octanol–water partition coefficient (Wildman–Crippen LogP) is 2.31. The molecule has 0 saturated heterocycles. The number of amides is 2. The van der Waals surface area contributed by atoms with Crippen LogP contribution in [0.1, 0.15) is 10.5 Å². The Kier molecular flexibility index (Phi) is 4.93. The fourth-order valence-electron chi connectivity index (χ4n) is 2.41. The Morgan fingerprint density at radius 1 is 1.00 bits per heavy atom. The summed E-state index contributed by atoms with van der Waals surface area (Å²) >= 11 is 0. The molecule has 3 rings (SSSR count). The Bertz CT molecular complexity index is 1110. The Balaban J connectivity index is 1.68. The van der Waals surface area contributed by atoms with Crippen molar-refractivity contribution in [3.63, 3.8) is 0 Å². The van der Waals surface area contributed by atoms with Crippen LogP contribution in [0, 0.1) is 17.5 Å².